The molecule has 104 valence electrons. The maximum Gasteiger partial charge on any atom is 0.191 e. The van der Waals surface area contributed by atoms with Crippen LogP contribution in [-0.4, -0.2) is 43.2 Å². The maximum absolute atomic E-state index is 6.09. The summed E-state index contributed by atoms with van der Waals surface area (Å²) in [6.45, 7) is 1.78. The molecule has 0 aromatic carbocycles. The summed E-state index contributed by atoms with van der Waals surface area (Å²) in [6, 6.07) is 0.452. The second kappa shape index (κ2) is 6.98. The summed E-state index contributed by atoms with van der Waals surface area (Å²) in [7, 11) is 2.03. The Morgan fingerprint density at radius 3 is 2.56 bits per heavy atom. The molecule has 1 atom stereocenters. The highest BCUT2D eigenvalue weighted by molar-refractivity contribution is 5.78. The van der Waals surface area contributed by atoms with Crippen molar-refractivity contribution in [3.8, 4) is 0 Å². The molecule has 0 aromatic heterocycles. The highest BCUT2D eigenvalue weighted by Gasteiger charge is 2.18. The first-order chi connectivity index (χ1) is 8.75. The third kappa shape index (κ3) is 4.16. The highest BCUT2D eigenvalue weighted by atomic mass is 16.5. The average Bonchev–Trinajstić information content (AvgIpc) is 2.41. The van der Waals surface area contributed by atoms with E-state index in [1.54, 1.807) is 0 Å². The molecule has 1 unspecified atom stereocenters. The van der Waals surface area contributed by atoms with Crippen molar-refractivity contribution < 1.29 is 4.74 Å². The Morgan fingerprint density at radius 2 is 1.89 bits per heavy atom. The SMILES string of the molecule is CN(CC1CCCCO1)C(N)=NC1CCCCC1. The van der Waals surface area contributed by atoms with E-state index >= 15 is 0 Å². The van der Waals surface area contributed by atoms with E-state index in [9.17, 15) is 0 Å². The van der Waals surface area contributed by atoms with Gasteiger partial charge in [-0.15, -0.1) is 0 Å². The topological polar surface area (TPSA) is 50.9 Å². The van der Waals surface area contributed by atoms with Crippen LogP contribution < -0.4 is 5.73 Å². The van der Waals surface area contributed by atoms with E-state index < -0.39 is 0 Å². The summed E-state index contributed by atoms with van der Waals surface area (Å²) in [5, 5.41) is 0. The van der Waals surface area contributed by atoms with Gasteiger partial charge in [-0.05, 0) is 32.1 Å². The van der Waals surface area contributed by atoms with Gasteiger partial charge in [0.15, 0.2) is 5.96 Å². The van der Waals surface area contributed by atoms with Gasteiger partial charge in [-0.25, -0.2) is 4.99 Å². The minimum Gasteiger partial charge on any atom is -0.376 e. The molecule has 2 rings (SSSR count). The molecule has 0 bridgehead atoms. The molecule has 0 aromatic rings. The van der Waals surface area contributed by atoms with E-state index in [0.717, 1.165) is 19.6 Å². The van der Waals surface area contributed by atoms with E-state index in [-0.39, 0.29) is 0 Å². The fourth-order valence-corrected chi connectivity index (χ4v) is 2.85. The van der Waals surface area contributed by atoms with Crippen LogP contribution in [0.4, 0.5) is 0 Å². The van der Waals surface area contributed by atoms with Crippen molar-refractivity contribution in [2.75, 3.05) is 20.2 Å². The van der Waals surface area contributed by atoms with Crippen molar-refractivity contribution in [2.45, 2.75) is 63.5 Å². The zero-order valence-corrected chi connectivity index (χ0v) is 11.6. The van der Waals surface area contributed by atoms with Crippen LogP contribution in [0.25, 0.3) is 0 Å². The Balaban J connectivity index is 1.78. The van der Waals surface area contributed by atoms with Crippen molar-refractivity contribution in [3.63, 3.8) is 0 Å². The third-order valence-electron chi connectivity index (χ3n) is 4.03. The van der Waals surface area contributed by atoms with E-state index in [2.05, 4.69) is 9.89 Å². The lowest BCUT2D eigenvalue weighted by atomic mass is 9.96. The lowest BCUT2D eigenvalue weighted by Gasteiger charge is -2.29. The summed E-state index contributed by atoms with van der Waals surface area (Å²) >= 11 is 0. The van der Waals surface area contributed by atoms with E-state index in [4.69, 9.17) is 10.5 Å². The lowest BCUT2D eigenvalue weighted by Crippen LogP contribution is -2.41. The molecule has 2 N–H and O–H groups in total. The van der Waals surface area contributed by atoms with Crippen molar-refractivity contribution in [2.24, 2.45) is 10.7 Å². The third-order valence-corrected chi connectivity index (χ3v) is 4.03. The fraction of sp³-hybridized carbons (Fsp3) is 0.929. The molecule has 1 saturated heterocycles. The van der Waals surface area contributed by atoms with Crippen LogP contribution in [0, 0.1) is 0 Å². The molecule has 0 radical (unpaired) electrons. The monoisotopic (exact) mass is 253 g/mol. The average molecular weight is 253 g/mol. The zero-order valence-electron chi connectivity index (χ0n) is 11.6. The van der Waals surface area contributed by atoms with Crippen LogP contribution in [0.1, 0.15) is 51.4 Å². The summed E-state index contributed by atoms with van der Waals surface area (Å²) in [5.74, 6) is 0.691. The van der Waals surface area contributed by atoms with Gasteiger partial charge in [0, 0.05) is 20.2 Å². The van der Waals surface area contributed by atoms with Gasteiger partial charge in [-0.1, -0.05) is 19.3 Å². The molecule has 18 heavy (non-hydrogen) atoms. The molecule has 1 aliphatic heterocycles. The Morgan fingerprint density at radius 1 is 1.17 bits per heavy atom. The van der Waals surface area contributed by atoms with Gasteiger partial charge in [-0.3, -0.25) is 0 Å². The smallest absolute Gasteiger partial charge is 0.191 e. The Bertz CT molecular complexity index is 268. The van der Waals surface area contributed by atoms with Crippen molar-refractivity contribution in [1.29, 1.82) is 0 Å². The number of hydrogen-bond acceptors (Lipinski definition) is 2. The first-order valence-corrected chi connectivity index (χ1v) is 7.41. The van der Waals surface area contributed by atoms with Gasteiger partial charge in [0.2, 0.25) is 0 Å². The molecule has 0 amide bonds. The van der Waals surface area contributed by atoms with Crippen molar-refractivity contribution in [1.82, 2.24) is 4.90 Å². The number of aliphatic imine (C=N–C) groups is 1. The predicted octanol–water partition coefficient (Wildman–Crippen LogP) is 2.13. The van der Waals surface area contributed by atoms with Crippen LogP contribution in [0.3, 0.4) is 0 Å². The number of nitrogens with zero attached hydrogens (tertiary/aromatic N) is 2. The summed E-state index contributed by atoms with van der Waals surface area (Å²) < 4.78 is 5.74. The second-order valence-electron chi connectivity index (χ2n) is 5.65. The van der Waals surface area contributed by atoms with E-state index in [0.29, 0.717) is 18.1 Å². The van der Waals surface area contributed by atoms with Gasteiger partial charge >= 0.3 is 0 Å². The number of likely N-dealkylation sites (N-methyl/N-ethyl adjacent to an activating group) is 1. The van der Waals surface area contributed by atoms with Crippen LogP contribution in [0.2, 0.25) is 0 Å². The Kier molecular flexibility index (Phi) is 5.29. The largest absolute Gasteiger partial charge is 0.376 e. The van der Waals surface area contributed by atoms with E-state index in [1.807, 2.05) is 7.05 Å². The zero-order chi connectivity index (χ0) is 12.8. The maximum atomic E-state index is 6.09. The first kappa shape index (κ1) is 13.7. The molecule has 1 heterocycles. The van der Waals surface area contributed by atoms with Crippen LogP contribution in [0.5, 0.6) is 0 Å². The van der Waals surface area contributed by atoms with E-state index in [1.165, 1.54) is 44.9 Å². The van der Waals surface area contributed by atoms with Gasteiger partial charge in [0.1, 0.15) is 0 Å². The van der Waals surface area contributed by atoms with Crippen LogP contribution >= 0.6 is 0 Å². The molecule has 1 saturated carbocycles. The van der Waals surface area contributed by atoms with Gasteiger partial charge < -0.3 is 15.4 Å². The quantitative estimate of drug-likeness (QED) is 0.619. The highest BCUT2D eigenvalue weighted by Crippen LogP contribution is 2.20. The standard InChI is InChI=1S/C14H27N3O/c1-17(11-13-9-5-6-10-18-13)14(15)16-12-7-3-2-4-8-12/h12-13H,2-11H2,1H3,(H2,15,16). The second-order valence-corrected chi connectivity index (χ2v) is 5.65. The lowest BCUT2D eigenvalue weighted by molar-refractivity contribution is 0.00695. The molecule has 1 aliphatic carbocycles. The number of rotatable bonds is 3. The number of guanidine groups is 1. The molecule has 0 spiro atoms. The molecular formula is C14H27N3O. The minimum atomic E-state index is 0.337. The molecule has 4 heteroatoms. The van der Waals surface area contributed by atoms with Crippen molar-refractivity contribution in [3.05, 3.63) is 0 Å². The minimum absolute atomic E-state index is 0.337. The summed E-state index contributed by atoms with van der Waals surface area (Å²) in [6.07, 6.45) is 10.3. The molecule has 2 fully saturated rings. The molecule has 4 nitrogen and oxygen atoms in total. The number of hydrogen-bond donors (Lipinski definition) is 1. The van der Waals surface area contributed by atoms with Gasteiger partial charge in [-0.2, -0.15) is 0 Å². The normalized spacial score (nSPS) is 27.2. The fourth-order valence-electron chi connectivity index (χ4n) is 2.85. The molecule has 2 aliphatic rings. The summed E-state index contributed by atoms with van der Waals surface area (Å²) in [5.41, 5.74) is 6.09. The molecular weight excluding hydrogens is 226 g/mol. The summed E-state index contributed by atoms with van der Waals surface area (Å²) in [4.78, 5) is 6.73. The van der Waals surface area contributed by atoms with Crippen LogP contribution in [0.15, 0.2) is 4.99 Å². The van der Waals surface area contributed by atoms with Gasteiger partial charge in [0.05, 0.1) is 12.1 Å². The number of nitrogens with two attached hydrogens (primary N) is 1. The first-order valence-electron chi connectivity index (χ1n) is 7.41. The van der Waals surface area contributed by atoms with Gasteiger partial charge in [0.25, 0.3) is 0 Å². The van der Waals surface area contributed by atoms with Crippen molar-refractivity contribution >= 4 is 5.96 Å². The number of ether oxygens (including phenoxy) is 1. The predicted molar refractivity (Wildman–Crippen MR) is 74.7 cm³/mol. The Hall–Kier alpha value is -0.770. The van der Waals surface area contributed by atoms with Crippen LogP contribution in [-0.2, 0) is 4.74 Å². The Labute approximate surface area is 111 Å².